The van der Waals surface area contributed by atoms with Crippen molar-refractivity contribution in [1.29, 1.82) is 0 Å². The molecule has 2 saturated heterocycles. The van der Waals surface area contributed by atoms with Gasteiger partial charge in [0.2, 0.25) is 0 Å². The lowest BCUT2D eigenvalue weighted by atomic mass is 9.99. The van der Waals surface area contributed by atoms with Gasteiger partial charge in [0.1, 0.15) is 0 Å². The minimum absolute atomic E-state index is 0.109. The maximum atomic E-state index is 13.0. The van der Waals surface area contributed by atoms with E-state index < -0.39 is 10.2 Å². The highest BCUT2D eigenvalue weighted by atomic mass is 32.2. The van der Waals surface area contributed by atoms with Gasteiger partial charge in [-0.25, -0.2) is 0 Å². The predicted octanol–water partition coefficient (Wildman–Crippen LogP) is 1.96. The molecular weight excluding hydrogens is 286 g/mol. The monoisotopic (exact) mass is 317 g/mol. The Morgan fingerprint density at radius 1 is 1.10 bits per heavy atom. The molecule has 2 unspecified atom stereocenters. The third-order valence-corrected chi connectivity index (χ3v) is 6.79. The lowest BCUT2D eigenvalue weighted by molar-refractivity contribution is 0.190. The quantitative estimate of drug-likeness (QED) is 0.815. The molecule has 0 saturated carbocycles. The molecule has 2 atom stereocenters. The van der Waals surface area contributed by atoms with Crippen molar-refractivity contribution in [2.45, 2.75) is 70.9 Å². The molecule has 0 bridgehead atoms. The Balaban J connectivity index is 2.09. The first-order chi connectivity index (χ1) is 10.1. The Morgan fingerprint density at radius 2 is 1.76 bits per heavy atom. The molecule has 124 valence electrons. The Hall–Kier alpha value is -0.170. The van der Waals surface area contributed by atoms with Crippen molar-refractivity contribution in [2.24, 2.45) is 0 Å². The van der Waals surface area contributed by atoms with Gasteiger partial charge in [-0.05, 0) is 45.6 Å². The van der Waals surface area contributed by atoms with E-state index in [1.807, 2.05) is 0 Å². The molecule has 0 spiro atoms. The summed E-state index contributed by atoms with van der Waals surface area (Å²) in [6, 6.07) is 0.335. The molecule has 0 aromatic carbocycles. The maximum Gasteiger partial charge on any atom is 0.282 e. The van der Waals surface area contributed by atoms with Crippen LogP contribution in [0.3, 0.4) is 0 Å². The smallest absolute Gasteiger partial charge is 0.282 e. The first-order valence-corrected chi connectivity index (χ1v) is 9.97. The van der Waals surface area contributed by atoms with Crippen molar-refractivity contribution in [3.05, 3.63) is 0 Å². The van der Waals surface area contributed by atoms with Crippen molar-refractivity contribution in [3.63, 3.8) is 0 Å². The topological polar surface area (TPSA) is 52.7 Å². The van der Waals surface area contributed by atoms with Gasteiger partial charge in [0.15, 0.2) is 0 Å². The molecule has 2 aliphatic heterocycles. The standard InChI is InChI=1S/C15H31N3O2S/c1-3-10-16-14(2)15-9-5-8-13-18(15)21(19,20)17-11-6-4-7-12-17/h14-16H,3-13H2,1-2H3. The summed E-state index contributed by atoms with van der Waals surface area (Å²) in [5.74, 6) is 0. The van der Waals surface area contributed by atoms with E-state index in [2.05, 4.69) is 19.2 Å². The minimum Gasteiger partial charge on any atom is -0.313 e. The molecule has 0 radical (unpaired) electrons. The Kier molecular flexibility index (Phi) is 6.47. The zero-order valence-electron chi connectivity index (χ0n) is 13.6. The van der Waals surface area contributed by atoms with Crippen molar-refractivity contribution in [1.82, 2.24) is 13.9 Å². The van der Waals surface area contributed by atoms with Gasteiger partial charge < -0.3 is 5.32 Å². The van der Waals surface area contributed by atoms with Crippen LogP contribution in [0.2, 0.25) is 0 Å². The normalized spacial score (nSPS) is 27.6. The van der Waals surface area contributed by atoms with E-state index in [0.29, 0.717) is 19.6 Å². The fraction of sp³-hybridized carbons (Fsp3) is 1.00. The molecule has 1 N–H and O–H groups in total. The van der Waals surface area contributed by atoms with Crippen LogP contribution < -0.4 is 5.32 Å². The molecule has 2 heterocycles. The lowest BCUT2D eigenvalue weighted by Crippen LogP contribution is -2.57. The third-order valence-electron chi connectivity index (χ3n) is 4.73. The third kappa shape index (κ3) is 4.18. The molecule has 0 amide bonds. The van der Waals surface area contributed by atoms with Gasteiger partial charge in [0, 0.05) is 31.7 Å². The first kappa shape index (κ1) is 17.2. The number of rotatable bonds is 6. The van der Waals surface area contributed by atoms with E-state index in [-0.39, 0.29) is 12.1 Å². The van der Waals surface area contributed by atoms with Gasteiger partial charge in [-0.15, -0.1) is 0 Å². The molecular formula is C15H31N3O2S. The number of hydrogen-bond donors (Lipinski definition) is 1. The summed E-state index contributed by atoms with van der Waals surface area (Å²) < 4.78 is 29.4. The Bertz CT molecular complexity index is 407. The fourth-order valence-electron chi connectivity index (χ4n) is 3.47. The average molecular weight is 317 g/mol. The summed E-state index contributed by atoms with van der Waals surface area (Å²) in [7, 11) is -3.28. The lowest BCUT2D eigenvalue weighted by Gasteiger charge is -2.41. The van der Waals surface area contributed by atoms with Crippen LogP contribution >= 0.6 is 0 Å². The molecule has 21 heavy (non-hydrogen) atoms. The van der Waals surface area contributed by atoms with E-state index in [0.717, 1.165) is 51.5 Å². The molecule has 5 nitrogen and oxygen atoms in total. The minimum atomic E-state index is -3.28. The van der Waals surface area contributed by atoms with E-state index in [1.54, 1.807) is 8.61 Å². The van der Waals surface area contributed by atoms with E-state index in [4.69, 9.17) is 0 Å². The second kappa shape index (κ2) is 7.90. The number of nitrogens with zero attached hydrogens (tertiary/aromatic N) is 2. The van der Waals surface area contributed by atoms with Crippen LogP contribution in [0.1, 0.15) is 58.8 Å². The van der Waals surface area contributed by atoms with E-state index >= 15 is 0 Å². The summed E-state index contributed by atoms with van der Waals surface area (Å²) >= 11 is 0. The fourth-order valence-corrected chi connectivity index (χ4v) is 5.48. The summed E-state index contributed by atoms with van der Waals surface area (Å²) in [4.78, 5) is 0. The Labute approximate surface area is 130 Å². The molecule has 0 aliphatic carbocycles. The van der Waals surface area contributed by atoms with Crippen LogP contribution in [0.25, 0.3) is 0 Å². The number of hydrogen-bond acceptors (Lipinski definition) is 3. The van der Waals surface area contributed by atoms with Crippen molar-refractivity contribution < 1.29 is 8.42 Å². The molecule has 2 aliphatic rings. The van der Waals surface area contributed by atoms with Crippen LogP contribution in [0.5, 0.6) is 0 Å². The summed E-state index contributed by atoms with van der Waals surface area (Å²) in [5, 5.41) is 3.48. The van der Waals surface area contributed by atoms with Gasteiger partial charge in [-0.3, -0.25) is 0 Å². The highest BCUT2D eigenvalue weighted by Crippen LogP contribution is 2.26. The highest BCUT2D eigenvalue weighted by Gasteiger charge is 2.38. The number of piperidine rings is 2. The van der Waals surface area contributed by atoms with Gasteiger partial charge in [0.05, 0.1) is 0 Å². The van der Waals surface area contributed by atoms with Crippen LogP contribution in [0.15, 0.2) is 0 Å². The van der Waals surface area contributed by atoms with Gasteiger partial charge in [-0.1, -0.05) is 19.8 Å². The van der Waals surface area contributed by atoms with Crippen LogP contribution in [0.4, 0.5) is 0 Å². The van der Waals surface area contributed by atoms with Crippen LogP contribution in [-0.2, 0) is 10.2 Å². The molecule has 0 aromatic heterocycles. The van der Waals surface area contributed by atoms with Gasteiger partial charge >= 0.3 is 0 Å². The highest BCUT2D eigenvalue weighted by molar-refractivity contribution is 7.86. The zero-order valence-corrected chi connectivity index (χ0v) is 14.4. The predicted molar refractivity (Wildman–Crippen MR) is 86.4 cm³/mol. The number of nitrogens with one attached hydrogen (secondary N) is 1. The molecule has 0 aromatic rings. The zero-order chi connectivity index (χ0) is 15.3. The summed E-state index contributed by atoms with van der Waals surface area (Å²) in [5.41, 5.74) is 0. The SMILES string of the molecule is CCCNC(C)C1CCCCN1S(=O)(=O)N1CCCCC1. The van der Waals surface area contributed by atoms with Crippen molar-refractivity contribution in [2.75, 3.05) is 26.2 Å². The van der Waals surface area contributed by atoms with Crippen molar-refractivity contribution in [3.8, 4) is 0 Å². The van der Waals surface area contributed by atoms with E-state index in [9.17, 15) is 8.42 Å². The molecule has 6 heteroatoms. The van der Waals surface area contributed by atoms with E-state index in [1.165, 1.54) is 0 Å². The van der Waals surface area contributed by atoms with Gasteiger partial charge in [0.25, 0.3) is 10.2 Å². The average Bonchev–Trinajstić information content (AvgIpc) is 2.53. The van der Waals surface area contributed by atoms with Crippen LogP contribution in [-0.4, -0.2) is 55.3 Å². The second-order valence-corrected chi connectivity index (χ2v) is 8.27. The molecule has 2 fully saturated rings. The first-order valence-electron chi connectivity index (χ1n) is 8.57. The summed E-state index contributed by atoms with van der Waals surface area (Å²) in [6.45, 7) is 7.30. The van der Waals surface area contributed by atoms with Gasteiger partial charge in [-0.2, -0.15) is 17.0 Å². The maximum absolute atomic E-state index is 13.0. The Morgan fingerprint density at radius 3 is 2.43 bits per heavy atom. The van der Waals surface area contributed by atoms with Crippen molar-refractivity contribution >= 4 is 10.2 Å². The summed E-state index contributed by atoms with van der Waals surface area (Å²) in [6.07, 6.45) is 7.34. The van der Waals surface area contributed by atoms with Crippen LogP contribution in [0, 0.1) is 0 Å². The second-order valence-electron chi connectivity index (χ2n) is 6.38. The largest absolute Gasteiger partial charge is 0.313 e. The molecule has 2 rings (SSSR count).